The zero-order valence-corrected chi connectivity index (χ0v) is 11.3. The first kappa shape index (κ1) is 15.6. The van der Waals surface area contributed by atoms with Crippen molar-refractivity contribution in [2.45, 2.75) is 12.8 Å². The summed E-state index contributed by atoms with van der Waals surface area (Å²) in [5.74, 6) is 0. The fourth-order valence-electron chi connectivity index (χ4n) is 1.80. The van der Waals surface area contributed by atoms with E-state index >= 15 is 0 Å². The monoisotopic (exact) mass is 304 g/mol. The first-order valence-corrected chi connectivity index (χ1v) is 6.31. The van der Waals surface area contributed by atoms with E-state index in [1.54, 1.807) is 24.3 Å². The van der Waals surface area contributed by atoms with E-state index in [9.17, 15) is 13.2 Å². The van der Waals surface area contributed by atoms with E-state index in [0.29, 0.717) is 11.1 Å². The number of alkyl halides is 3. The van der Waals surface area contributed by atoms with Crippen molar-refractivity contribution >= 4 is 6.21 Å². The number of hydrogen-bond donors (Lipinski definition) is 0. The third-order valence-electron chi connectivity index (χ3n) is 2.82. The minimum atomic E-state index is -4.44. The number of hydrogen-bond acceptors (Lipinski definition) is 3. The zero-order valence-electron chi connectivity index (χ0n) is 11.3. The largest absolute Gasteiger partial charge is 0.417 e. The predicted molar refractivity (Wildman–Crippen MR) is 75.0 cm³/mol. The molecule has 0 aliphatic rings. The van der Waals surface area contributed by atoms with Gasteiger partial charge in [-0.05, 0) is 23.8 Å². The van der Waals surface area contributed by atoms with Crippen LogP contribution in [0, 0.1) is 11.3 Å². The van der Waals surface area contributed by atoms with E-state index in [2.05, 4.69) is 5.16 Å². The van der Waals surface area contributed by atoms with Gasteiger partial charge in [0, 0.05) is 5.56 Å². The van der Waals surface area contributed by atoms with E-state index in [1.807, 2.05) is 6.07 Å². The molecular formula is C16H11F3N2O. The van der Waals surface area contributed by atoms with Crippen molar-refractivity contribution in [3.05, 3.63) is 70.8 Å². The third kappa shape index (κ3) is 4.09. The van der Waals surface area contributed by atoms with Crippen molar-refractivity contribution < 1.29 is 18.0 Å². The standard InChI is InChI=1S/C16H11F3N2O/c17-16(18,19)15-7-2-1-6-14(15)10-21-22-11-13-5-3-4-12(8-13)9-20/h1-8,10H,11H2. The molecule has 2 aromatic rings. The van der Waals surface area contributed by atoms with Gasteiger partial charge in [-0.25, -0.2) is 0 Å². The summed E-state index contributed by atoms with van der Waals surface area (Å²) in [4.78, 5) is 4.98. The van der Waals surface area contributed by atoms with Gasteiger partial charge >= 0.3 is 6.18 Å². The molecule has 0 fully saturated rings. The molecule has 112 valence electrons. The minimum absolute atomic E-state index is 0.0687. The number of oxime groups is 1. The van der Waals surface area contributed by atoms with Gasteiger partial charge in [0.15, 0.2) is 0 Å². The van der Waals surface area contributed by atoms with Crippen LogP contribution in [0.3, 0.4) is 0 Å². The molecule has 0 unspecified atom stereocenters. The van der Waals surface area contributed by atoms with Crippen molar-refractivity contribution in [1.29, 1.82) is 5.26 Å². The van der Waals surface area contributed by atoms with E-state index in [4.69, 9.17) is 10.1 Å². The molecule has 0 heterocycles. The quantitative estimate of drug-likeness (QED) is 0.630. The molecule has 0 spiro atoms. The Morgan fingerprint density at radius 3 is 2.64 bits per heavy atom. The van der Waals surface area contributed by atoms with Crippen LogP contribution in [0.1, 0.15) is 22.3 Å². The summed E-state index contributed by atoms with van der Waals surface area (Å²) in [7, 11) is 0. The van der Waals surface area contributed by atoms with Crippen LogP contribution in [-0.4, -0.2) is 6.21 Å². The van der Waals surface area contributed by atoms with Gasteiger partial charge in [0.1, 0.15) is 6.61 Å². The molecule has 0 bridgehead atoms. The fraction of sp³-hybridized carbons (Fsp3) is 0.125. The molecule has 22 heavy (non-hydrogen) atoms. The van der Waals surface area contributed by atoms with E-state index < -0.39 is 11.7 Å². The average Bonchev–Trinajstić information content (AvgIpc) is 2.51. The number of rotatable bonds is 4. The first-order chi connectivity index (χ1) is 10.5. The highest BCUT2D eigenvalue weighted by molar-refractivity contribution is 5.81. The molecule has 6 heteroatoms. The summed E-state index contributed by atoms with van der Waals surface area (Å²) in [6, 6.07) is 13.8. The summed E-state index contributed by atoms with van der Waals surface area (Å²) in [5.41, 5.74) is 0.349. The Balaban J connectivity index is 2.03. The molecule has 0 aliphatic heterocycles. The summed E-state index contributed by atoms with van der Waals surface area (Å²) in [6.45, 7) is 0.0696. The normalized spacial score (nSPS) is 11.4. The molecule has 3 nitrogen and oxygen atoms in total. The topological polar surface area (TPSA) is 45.4 Å². The number of nitriles is 1. The molecule has 0 amide bonds. The average molecular weight is 304 g/mol. The van der Waals surface area contributed by atoms with Crippen LogP contribution >= 0.6 is 0 Å². The van der Waals surface area contributed by atoms with Crippen LogP contribution in [-0.2, 0) is 17.6 Å². The summed E-state index contributed by atoms with van der Waals surface area (Å²) < 4.78 is 38.3. The maximum Gasteiger partial charge on any atom is 0.417 e. The van der Waals surface area contributed by atoms with Crippen molar-refractivity contribution in [1.82, 2.24) is 0 Å². The molecule has 0 saturated carbocycles. The van der Waals surface area contributed by atoms with Crippen LogP contribution in [0.15, 0.2) is 53.7 Å². The van der Waals surface area contributed by atoms with Crippen LogP contribution in [0.5, 0.6) is 0 Å². The highest BCUT2D eigenvalue weighted by Crippen LogP contribution is 2.31. The second-order valence-corrected chi connectivity index (χ2v) is 4.41. The van der Waals surface area contributed by atoms with Crippen molar-refractivity contribution in [3.63, 3.8) is 0 Å². The van der Waals surface area contributed by atoms with Gasteiger partial charge in [-0.3, -0.25) is 0 Å². The number of nitrogens with zero attached hydrogens (tertiary/aromatic N) is 2. The highest BCUT2D eigenvalue weighted by Gasteiger charge is 2.32. The zero-order chi connectivity index (χ0) is 16.0. The Labute approximate surface area is 125 Å². The van der Waals surface area contributed by atoms with Gasteiger partial charge in [0.25, 0.3) is 0 Å². The SMILES string of the molecule is N#Cc1cccc(CON=Cc2ccccc2C(F)(F)F)c1. The van der Waals surface area contributed by atoms with Gasteiger partial charge in [-0.15, -0.1) is 0 Å². The van der Waals surface area contributed by atoms with E-state index in [-0.39, 0.29) is 12.2 Å². The van der Waals surface area contributed by atoms with Gasteiger partial charge in [-0.1, -0.05) is 35.5 Å². The fourth-order valence-corrected chi connectivity index (χ4v) is 1.80. The second kappa shape index (κ2) is 6.76. The van der Waals surface area contributed by atoms with Crippen LogP contribution in [0.25, 0.3) is 0 Å². The lowest BCUT2D eigenvalue weighted by atomic mass is 10.1. The first-order valence-electron chi connectivity index (χ1n) is 6.31. The molecule has 0 aliphatic carbocycles. The maximum absolute atomic E-state index is 12.8. The van der Waals surface area contributed by atoms with E-state index in [1.165, 1.54) is 18.2 Å². The predicted octanol–water partition coefficient (Wildman–Crippen LogP) is 4.13. The maximum atomic E-state index is 12.8. The van der Waals surface area contributed by atoms with Gasteiger partial charge in [0.05, 0.1) is 23.4 Å². The summed E-state index contributed by atoms with van der Waals surface area (Å²) in [6.07, 6.45) is -3.42. The Hall–Kier alpha value is -2.81. The van der Waals surface area contributed by atoms with Gasteiger partial charge in [-0.2, -0.15) is 18.4 Å². The lowest BCUT2D eigenvalue weighted by molar-refractivity contribution is -0.137. The molecule has 0 N–H and O–H groups in total. The Bertz CT molecular complexity index is 718. The Morgan fingerprint density at radius 2 is 1.91 bits per heavy atom. The van der Waals surface area contributed by atoms with Gasteiger partial charge < -0.3 is 4.84 Å². The van der Waals surface area contributed by atoms with Crippen LogP contribution in [0.2, 0.25) is 0 Å². The van der Waals surface area contributed by atoms with Gasteiger partial charge in [0.2, 0.25) is 0 Å². The van der Waals surface area contributed by atoms with Crippen molar-refractivity contribution in [2.75, 3.05) is 0 Å². The van der Waals surface area contributed by atoms with Crippen LogP contribution < -0.4 is 0 Å². The molecule has 0 aromatic heterocycles. The number of halogens is 3. The molecule has 0 atom stereocenters. The summed E-state index contributed by atoms with van der Waals surface area (Å²) >= 11 is 0. The Morgan fingerprint density at radius 1 is 1.14 bits per heavy atom. The molecule has 2 rings (SSSR count). The van der Waals surface area contributed by atoms with Crippen molar-refractivity contribution in [3.8, 4) is 6.07 Å². The van der Waals surface area contributed by atoms with Crippen LogP contribution in [0.4, 0.5) is 13.2 Å². The molecular weight excluding hydrogens is 293 g/mol. The summed E-state index contributed by atoms with van der Waals surface area (Å²) in [5, 5.41) is 12.3. The molecule has 0 saturated heterocycles. The van der Waals surface area contributed by atoms with Crippen molar-refractivity contribution in [2.24, 2.45) is 5.16 Å². The lowest BCUT2D eigenvalue weighted by Crippen LogP contribution is -2.08. The molecule has 0 radical (unpaired) electrons. The smallest absolute Gasteiger partial charge is 0.391 e. The Kier molecular flexibility index (Phi) is 4.79. The number of benzene rings is 2. The third-order valence-corrected chi connectivity index (χ3v) is 2.82. The lowest BCUT2D eigenvalue weighted by Gasteiger charge is -2.09. The minimum Gasteiger partial charge on any atom is -0.391 e. The van der Waals surface area contributed by atoms with E-state index in [0.717, 1.165) is 12.3 Å². The second-order valence-electron chi connectivity index (χ2n) is 4.41. The highest BCUT2D eigenvalue weighted by atomic mass is 19.4. The molecule has 2 aromatic carbocycles.